The summed E-state index contributed by atoms with van der Waals surface area (Å²) in [5.41, 5.74) is 0.170. The maximum Gasteiger partial charge on any atom is 0.256 e. The zero-order chi connectivity index (χ0) is 18.8. The van der Waals surface area contributed by atoms with E-state index in [2.05, 4.69) is 0 Å². The van der Waals surface area contributed by atoms with Crippen LogP contribution in [0.3, 0.4) is 0 Å². The van der Waals surface area contributed by atoms with Crippen LogP contribution in [-0.2, 0) is 25.4 Å². The molecule has 25 heavy (non-hydrogen) atoms. The van der Waals surface area contributed by atoms with Gasteiger partial charge in [-0.05, 0) is 30.5 Å². The van der Waals surface area contributed by atoms with Gasteiger partial charge in [0.25, 0.3) is 5.91 Å². The minimum absolute atomic E-state index is 0.112. The topological polar surface area (TPSA) is 83.6 Å². The normalized spacial score (nSPS) is 17.8. The van der Waals surface area contributed by atoms with Crippen LogP contribution in [0.1, 0.15) is 32.3 Å². The number of carbonyl (C=O) groups excluding carboxylic acids is 2. The van der Waals surface area contributed by atoms with Crippen molar-refractivity contribution in [2.45, 2.75) is 38.5 Å². The van der Waals surface area contributed by atoms with Crippen molar-refractivity contribution < 1.29 is 22.4 Å². The van der Waals surface area contributed by atoms with Gasteiger partial charge in [0.05, 0.1) is 10.8 Å². The van der Waals surface area contributed by atoms with Crippen molar-refractivity contribution in [1.29, 1.82) is 0 Å². The first-order valence-corrected chi connectivity index (χ1v) is 9.92. The maximum atomic E-state index is 13.4. The Bertz CT molecular complexity index is 782. The fraction of sp³-hybridized carbons (Fsp3) is 0.500. The molecule has 0 aliphatic carbocycles. The number of nitrogens with zero attached hydrogens (tertiary/aromatic N) is 1. The first-order valence-electron chi connectivity index (χ1n) is 7.89. The van der Waals surface area contributed by atoms with Gasteiger partial charge in [-0.2, -0.15) is 0 Å². The van der Waals surface area contributed by atoms with Crippen molar-refractivity contribution in [3.63, 3.8) is 0 Å². The molecule has 2 rings (SSSR count). The Balaban J connectivity index is 2.07. The van der Waals surface area contributed by atoms with Crippen molar-refractivity contribution in [2.75, 3.05) is 6.54 Å². The Morgan fingerprint density at radius 2 is 2.08 bits per heavy atom. The standard InChI is InChI=1S/C16H20ClFN2O4S/c1-10(2)16(22)20-7-3-4-14(20)15(21)19-25(23,24)9-11-5-6-12(17)13(18)8-11/h5-6,8,10,14H,3-4,7,9H2,1-2H3,(H,19,21). The van der Waals surface area contributed by atoms with Gasteiger partial charge in [0, 0.05) is 12.5 Å². The van der Waals surface area contributed by atoms with E-state index in [9.17, 15) is 22.4 Å². The highest BCUT2D eigenvalue weighted by Gasteiger charge is 2.36. The number of halogens is 2. The lowest BCUT2D eigenvalue weighted by atomic mass is 10.1. The second-order valence-corrected chi connectivity index (χ2v) is 8.45. The molecule has 138 valence electrons. The van der Waals surface area contributed by atoms with Gasteiger partial charge in [-0.25, -0.2) is 12.8 Å². The molecule has 0 bridgehead atoms. The van der Waals surface area contributed by atoms with Crippen LogP contribution in [0.5, 0.6) is 0 Å². The Morgan fingerprint density at radius 3 is 2.68 bits per heavy atom. The molecule has 2 amide bonds. The van der Waals surface area contributed by atoms with Gasteiger partial charge < -0.3 is 4.90 Å². The Hall–Kier alpha value is -1.67. The third kappa shape index (κ3) is 4.92. The first kappa shape index (κ1) is 19.7. The summed E-state index contributed by atoms with van der Waals surface area (Å²) in [7, 11) is -4.02. The summed E-state index contributed by atoms with van der Waals surface area (Å²) in [5, 5.41) is -0.112. The summed E-state index contributed by atoms with van der Waals surface area (Å²) >= 11 is 5.56. The molecule has 0 spiro atoms. The predicted octanol–water partition coefficient (Wildman–Crippen LogP) is 2.07. The summed E-state index contributed by atoms with van der Waals surface area (Å²) in [6, 6.07) is 2.84. The fourth-order valence-corrected chi connectivity index (χ4v) is 3.99. The van der Waals surface area contributed by atoms with E-state index in [1.54, 1.807) is 13.8 Å². The summed E-state index contributed by atoms with van der Waals surface area (Å²) in [5.74, 6) is -2.49. The highest BCUT2D eigenvalue weighted by Crippen LogP contribution is 2.21. The quantitative estimate of drug-likeness (QED) is 0.834. The smallest absolute Gasteiger partial charge is 0.256 e. The van der Waals surface area contributed by atoms with Crippen LogP contribution in [0.4, 0.5) is 4.39 Å². The summed E-state index contributed by atoms with van der Waals surface area (Å²) < 4.78 is 39.8. The van der Waals surface area contributed by atoms with Crippen LogP contribution in [-0.4, -0.2) is 37.7 Å². The van der Waals surface area contributed by atoms with Gasteiger partial charge in [0.1, 0.15) is 11.9 Å². The number of hydrogen-bond acceptors (Lipinski definition) is 4. The lowest BCUT2D eigenvalue weighted by molar-refractivity contribution is -0.140. The molecule has 0 radical (unpaired) electrons. The van der Waals surface area contributed by atoms with Crippen LogP contribution in [0.15, 0.2) is 18.2 Å². The minimum atomic E-state index is -4.02. The van der Waals surface area contributed by atoms with Gasteiger partial charge in [-0.1, -0.05) is 31.5 Å². The van der Waals surface area contributed by atoms with E-state index in [0.29, 0.717) is 19.4 Å². The number of benzene rings is 1. The number of amides is 2. The number of carbonyl (C=O) groups is 2. The third-order valence-electron chi connectivity index (χ3n) is 3.93. The number of sulfonamides is 1. The van der Waals surface area contributed by atoms with Crippen LogP contribution >= 0.6 is 11.6 Å². The molecule has 9 heteroatoms. The first-order chi connectivity index (χ1) is 11.6. The van der Waals surface area contributed by atoms with E-state index < -0.39 is 33.5 Å². The number of hydrogen-bond donors (Lipinski definition) is 1. The van der Waals surface area contributed by atoms with E-state index in [1.807, 2.05) is 4.72 Å². The molecule has 1 aromatic rings. The molecule has 6 nitrogen and oxygen atoms in total. The zero-order valence-electron chi connectivity index (χ0n) is 14.0. The largest absolute Gasteiger partial charge is 0.330 e. The average molecular weight is 391 g/mol. The predicted molar refractivity (Wildman–Crippen MR) is 91.7 cm³/mol. The zero-order valence-corrected chi connectivity index (χ0v) is 15.5. The van der Waals surface area contributed by atoms with Crippen LogP contribution in [0, 0.1) is 11.7 Å². The average Bonchev–Trinajstić information content (AvgIpc) is 2.98. The molecule has 1 atom stereocenters. The third-order valence-corrected chi connectivity index (χ3v) is 5.46. The van der Waals surface area contributed by atoms with Crippen LogP contribution < -0.4 is 4.72 Å². The van der Waals surface area contributed by atoms with Crippen molar-refractivity contribution in [3.05, 3.63) is 34.6 Å². The number of likely N-dealkylation sites (tertiary alicyclic amines) is 1. The van der Waals surface area contributed by atoms with E-state index in [1.165, 1.54) is 17.0 Å². The lowest BCUT2D eigenvalue weighted by Crippen LogP contribution is -2.48. The number of nitrogens with one attached hydrogen (secondary N) is 1. The number of rotatable bonds is 5. The summed E-state index contributed by atoms with van der Waals surface area (Å²) in [6.07, 6.45) is 1.05. The monoisotopic (exact) mass is 390 g/mol. The molecular weight excluding hydrogens is 371 g/mol. The van der Waals surface area contributed by atoms with Crippen molar-refractivity contribution in [3.8, 4) is 0 Å². The Labute approximate surface area is 151 Å². The van der Waals surface area contributed by atoms with E-state index >= 15 is 0 Å². The molecule has 0 aromatic heterocycles. The molecule has 1 aromatic carbocycles. The summed E-state index contributed by atoms with van der Waals surface area (Å²) in [6.45, 7) is 3.88. The van der Waals surface area contributed by atoms with Gasteiger partial charge in [-0.15, -0.1) is 0 Å². The van der Waals surface area contributed by atoms with Gasteiger partial charge >= 0.3 is 0 Å². The van der Waals surface area contributed by atoms with Gasteiger partial charge in [-0.3, -0.25) is 14.3 Å². The van der Waals surface area contributed by atoms with Crippen molar-refractivity contribution in [1.82, 2.24) is 9.62 Å². The van der Waals surface area contributed by atoms with Gasteiger partial charge in [0.2, 0.25) is 15.9 Å². The molecule has 1 aliphatic rings. The molecule has 1 fully saturated rings. The molecule has 1 N–H and O–H groups in total. The maximum absolute atomic E-state index is 13.4. The Kier molecular flexibility index (Phi) is 6.05. The SMILES string of the molecule is CC(C)C(=O)N1CCCC1C(=O)NS(=O)(=O)Cc1ccc(Cl)c(F)c1. The molecule has 1 saturated heterocycles. The minimum Gasteiger partial charge on any atom is -0.330 e. The highest BCUT2D eigenvalue weighted by atomic mass is 35.5. The molecular formula is C16H20ClFN2O4S. The van der Waals surface area contributed by atoms with Crippen molar-refractivity contribution in [2.24, 2.45) is 5.92 Å². The van der Waals surface area contributed by atoms with Crippen LogP contribution in [0.25, 0.3) is 0 Å². The summed E-state index contributed by atoms with van der Waals surface area (Å²) in [4.78, 5) is 25.9. The van der Waals surface area contributed by atoms with E-state index in [-0.39, 0.29) is 22.4 Å². The molecule has 1 aliphatic heterocycles. The Morgan fingerprint density at radius 1 is 1.40 bits per heavy atom. The van der Waals surface area contributed by atoms with Gasteiger partial charge in [0.15, 0.2) is 0 Å². The second kappa shape index (κ2) is 7.70. The van der Waals surface area contributed by atoms with E-state index in [0.717, 1.165) is 6.07 Å². The second-order valence-electron chi connectivity index (χ2n) is 6.32. The molecule has 1 unspecified atom stereocenters. The van der Waals surface area contributed by atoms with E-state index in [4.69, 9.17) is 11.6 Å². The molecule has 0 saturated carbocycles. The highest BCUT2D eigenvalue weighted by molar-refractivity contribution is 7.89. The lowest BCUT2D eigenvalue weighted by Gasteiger charge is -2.25. The fourth-order valence-electron chi connectivity index (χ4n) is 2.74. The molecule has 1 heterocycles. The van der Waals surface area contributed by atoms with Crippen LogP contribution in [0.2, 0.25) is 5.02 Å². The van der Waals surface area contributed by atoms with Crippen molar-refractivity contribution >= 4 is 33.4 Å².